The lowest BCUT2D eigenvalue weighted by Crippen LogP contribution is -2.47. The van der Waals surface area contributed by atoms with Gasteiger partial charge in [0, 0.05) is 31.7 Å². The van der Waals surface area contributed by atoms with E-state index in [-0.39, 0.29) is 0 Å². The predicted molar refractivity (Wildman–Crippen MR) is 73.2 cm³/mol. The van der Waals surface area contributed by atoms with Crippen LogP contribution in [0.3, 0.4) is 0 Å². The molecule has 1 amide bonds. The highest BCUT2D eigenvalue weighted by Gasteiger charge is 2.33. The number of amides is 1. The molecule has 1 saturated carbocycles. The smallest absolute Gasteiger partial charge is 0.237 e. The van der Waals surface area contributed by atoms with Gasteiger partial charge >= 0.3 is 0 Å². The topological polar surface area (TPSA) is 49.6 Å². The number of rotatable bonds is 5. The summed E-state index contributed by atoms with van der Waals surface area (Å²) in [6.07, 6.45) is 4.45. The van der Waals surface area contributed by atoms with E-state index >= 15 is 0 Å². The molecule has 1 saturated heterocycles. The first-order valence-electron chi connectivity index (χ1n) is 7.33. The molecule has 0 radical (unpaired) electrons. The number of nitrogens with zero attached hydrogens (tertiary/aromatic N) is 2. The Bertz CT molecular complexity index is 281. The van der Waals surface area contributed by atoms with Gasteiger partial charge < -0.3 is 10.6 Å². The van der Waals surface area contributed by atoms with Crippen LogP contribution in [0.15, 0.2) is 0 Å². The highest BCUT2D eigenvalue weighted by atomic mass is 16.2. The van der Waals surface area contributed by atoms with Crippen molar-refractivity contribution < 1.29 is 4.79 Å². The largest absolute Gasteiger partial charge is 0.338 e. The monoisotopic (exact) mass is 253 g/mol. The maximum absolute atomic E-state index is 12.4. The van der Waals surface area contributed by atoms with Crippen molar-refractivity contribution in [1.82, 2.24) is 9.80 Å². The number of nitrogens with two attached hydrogens (primary N) is 1. The maximum atomic E-state index is 12.4. The number of piperidine rings is 1. The van der Waals surface area contributed by atoms with E-state index in [9.17, 15) is 4.79 Å². The molecule has 0 aromatic rings. The summed E-state index contributed by atoms with van der Waals surface area (Å²) in [5, 5.41) is 0. The number of carbonyl (C=O) groups is 1. The zero-order valence-electron chi connectivity index (χ0n) is 11.8. The fraction of sp³-hybridized carbons (Fsp3) is 0.929. The molecule has 0 spiro atoms. The molecule has 1 aliphatic heterocycles. The molecule has 1 heterocycles. The quantitative estimate of drug-likeness (QED) is 0.797. The van der Waals surface area contributed by atoms with Crippen LogP contribution in [0.25, 0.3) is 0 Å². The van der Waals surface area contributed by atoms with E-state index in [1.807, 2.05) is 0 Å². The summed E-state index contributed by atoms with van der Waals surface area (Å²) >= 11 is 0. The number of carbonyl (C=O) groups excluding carboxylic acids is 1. The first kappa shape index (κ1) is 13.8. The third-order valence-electron chi connectivity index (χ3n) is 3.86. The van der Waals surface area contributed by atoms with Crippen LogP contribution in [0.4, 0.5) is 0 Å². The van der Waals surface area contributed by atoms with Crippen LogP contribution in [0.1, 0.15) is 39.5 Å². The van der Waals surface area contributed by atoms with Crippen molar-refractivity contribution in [3.8, 4) is 0 Å². The molecule has 104 valence electrons. The van der Waals surface area contributed by atoms with Crippen molar-refractivity contribution in [2.75, 3.05) is 26.2 Å². The fourth-order valence-corrected chi connectivity index (χ4v) is 2.63. The molecule has 2 N–H and O–H groups in total. The first-order valence-corrected chi connectivity index (χ1v) is 7.33. The van der Waals surface area contributed by atoms with E-state index in [2.05, 4.69) is 23.6 Å². The fourth-order valence-electron chi connectivity index (χ4n) is 2.63. The molecule has 2 rings (SSSR count). The van der Waals surface area contributed by atoms with Crippen molar-refractivity contribution in [1.29, 1.82) is 0 Å². The minimum absolute atomic E-state index is 0.321. The molecule has 0 aromatic heterocycles. The summed E-state index contributed by atoms with van der Waals surface area (Å²) < 4.78 is 0. The SMILES string of the molecule is CC(C)CN(C(=O)CN1CCC(N)CC1)C1CC1. The Morgan fingerprint density at radius 2 is 1.89 bits per heavy atom. The summed E-state index contributed by atoms with van der Waals surface area (Å²) in [6, 6.07) is 0.874. The Balaban J connectivity index is 1.81. The van der Waals surface area contributed by atoms with Gasteiger partial charge in [-0.15, -0.1) is 0 Å². The number of likely N-dealkylation sites (tertiary alicyclic amines) is 1. The van der Waals surface area contributed by atoms with E-state index in [4.69, 9.17) is 5.73 Å². The van der Waals surface area contributed by atoms with E-state index in [0.29, 0.717) is 30.5 Å². The first-order chi connectivity index (χ1) is 8.56. The predicted octanol–water partition coefficient (Wildman–Crippen LogP) is 1.06. The van der Waals surface area contributed by atoms with Gasteiger partial charge in [-0.1, -0.05) is 13.8 Å². The summed E-state index contributed by atoms with van der Waals surface area (Å²) in [5.74, 6) is 0.881. The molecule has 0 aromatic carbocycles. The lowest BCUT2D eigenvalue weighted by Gasteiger charge is -2.32. The minimum Gasteiger partial charge on any atom is -0.338 e. The molecule has 2 aliphatic rings. The molecule has 1 aliphatic carbocycles. The van der Waals surface area contributed by atoms with Gasteiger partial charge in [-0.2, -0.15) is 0 Å². The minimum atomic E-state index is 0.321. The van der Waals surface area contributed by atoms with Gasteiger partial charge in [0.1, 0.15) is 0 Å². The Hall–Kier alpha value is -0.610. The van der Waals surface area contributed by atoms with Crippen molar-refractivity contribution >= 4 is 5.91 Å². The van der Waals surface area contributed by atoms with Crippen molar-refractivity contribution in [3.63, 3.8) is 0 Å². The average molecular weight is 253 g/mol. The van der Waals surface area contributed by atoms with Gasteiger partial charge in [0.05, 0.1) is 6.54 Å². The van der Waals surface area contributed by atoms with Crippen LogP contribution in [-0.4, -0.2) is 54.0 Å². The van der Waals surface area contributed by atoms with E-state index < -0.39 is 0 Å². The van der Waals surface area contributed by atoms with Crippen LogP contribution >= 0.6 is 0 Å². The maximum Gasteiger partial charge on any atom is 0.237 e. The molecular weight excluding hydrogens is 226 g/mol. The van der Waals surface area contributed by atoms with Crippen molar-refractivity contribution in [3.05, 3.63) is 0 Å². The number of hydrogen-bond acceptors (Lipinski definition) is 3. The van der Waals surface area contributed by atoms with Gasteiger partial charge in [-0.25, -0.2) is 0 Å². The van der Waals surface area contributed by atoms with Gasteiger partial charge in [0.25, 0.3) is 0 Å². The van der Waals surface area contributed by atoms with E-state index in [1.54, 1.807) is 0 Å². The second-order valence-electron chi connectivity index (χ2n) is 6.28. The zero-order chi connectivity index (χ0) is 13.1. The Morgan fingerprint density at radius 3 is 2.39 bits per heavy atom. The normalized spacial score (nSPS) is 22.4. The summed E-state index contributed by atoms with van der Waals surface area (Å²) in [7, 11) is 0. The summed E-state index contributed by atoms with van der Waals surface area (Å²) in [5.41, 5.74) is 5.89. The standard InChI is InChI=1S/C14H27N3O/c1-11(2)9-17(13-3-4-13)14(18)10-16-7-5-12(15)6-8-16/h11-13H,3-10,15H2,1-2H3. The van der Waals surface area contributed by atoms with Gasteiger partial charge in [-0.05, 0) is 31.6 Å². The molecule has 18 heavy (non-hydrogen) atoms. The Labute approximate surface area is 110 Å². The van der Waals surface area contributed by atoms with Crippen LogP contribution < -0.4 is 5.73 Å². The third-order valence-corrected chi connectivity index (χ3v) is 3.86. The van der Waals surface area contributed by atoms with E-state index in [1.165, 1.54) is 12.8 Å². The van der Waals surface area contributed by atoms with Gasteiger partial charge in [-0.3, -0.25) is 9.69 Å². The van der Waals surface area contributed by atoms with Crippen LogP contribution in [-0.2, 0) is 4.79 Å². The Kier molecular flexibility index (Phi) is 4.62. The molecule has 0 atom stereocenters. The van der Waals surface area contributed by atoms with Crippen LogP contribution in [0.2, 0.25) is 0 Å². The van der Waals surface area contributed by atoms with Crippen LogP contribution in [0, 0.1) is 5.92 Å². The van der Waals surface area contributed by atoms with Gasteiger partial charge in [0.2, 0.25) is 5.91 Å². The van der Waals surface area contributed by atoms with Crippen molar-refractivity contribution in [2.24, 2.45) is 11.7 Å². The highest BCUT2D eigenvalue weighted by molar-refractivity contribution is 5.79. The Morgan fingerprint density at radius 1 is 1.28 bits per heavy atom. The lowest BCUT2D eigenvalue weighted by molar-refractivity contribution is -0.133. The third kappa shape index (κ3) is 3.95. The zero-order valence-corrected chi connectivity index (χ0v) is 11.8. The summed E-state index contributed by atoms with van der Waals surface area (Å²) in [4.78, 5) is 16.7. The second-order valence-corrected chi connectivity index (χ2v) is 6.28. The molecule has 0 bridgehead atoms. The van der Waals surface area contributed by atoms with Crippen LogP contribution in [0.5, 0.6) is 0 Å². The lowest BCUT2D eigenvalue weighted by atomic mass is 10.1. The molecule has 0 unspecified atom stereocenters. The number of hydrogen-bond donors (Lipinski definition) is 1. The van der Waals surface area contributed by atoms with Gasteiger partial charge in [0.15, 0.2) is 0 Å². The molecular formula is C14H27N3O. The molecule has 4 heteroatoms. The van der Waals surface area contributed by atoms with E-state index in [0.717, 1.165) is 32.5 Å². The second kappa shape index (κ2) is 6.02. The molecule has 2 fully saturated rings. The molecule has 4 nitrogen and oxygen atoms in total. The average Bonchev–Trinajstić information content (AvgIpc) is 3.12. The summed E-state index contributed by atoms with van der Waals surface area (Å²) in [6.45, 7) is 7.83. The van der Waals surface area contributed by atoms with Crippen molar-refractivity contribution in [2.45, 2.75) is 51.6 Å². The highest BCUT2D eigenvalue weighted by Crippen LogP contribution is 2.27.